The summed E-state index contributed by atoms with van der Waals surface area (Å²) >= 11 is 1.45. The second kappa shape index (κ2) is 8.41. The molecule has 2 rings (SSSR count). The average Bonchev–Trinajstić information content (AvgIpc) is 2.86. The van der Waals surface area contributed by atoms with E-state index in [0.29, 0.717) is 18.2 Å². The van der Waals surface area contributed by atoms with E-state index in [1.165, 1.54) is 24.2 Å². The highest BCUT2D eigenvalue weighted by atomic mass is 32.1. The van der Waals surface area contributed by atoms with Crippen LogP contribution in [0.4, 0.5) is 5.13 Å². The van der Waals surface area contributed by atoms with Gasteiger partial charge < -0.3 is 5.11 Å². The third-order valence-corrected chi connectivity index (χ3v) is 4.45. The predicted molar refractivity (Wildman–Crippen MR) is 83.4 cm³/mol. The molecular formula is C14H24N4O2S. The number of amides is 1. The van der Waals surface area contributed by atoms with Crippen molar-refractivity contribution in [2.75, 3.05) is 25.0 Å². The van der Waals surface area contributed by atoms with Crippen molar-refractivity contribution >= 4 is 22.4 Å². The third-order valence-electron chi connectivity index (χ3n) is 3.56. The number of aliphatic hydroxyl groups excluding tert-OH is 1. The summed E-state index contributed by atoms with van der Waals surface area (Å²) in [6.07, 6.45) is 5.88. The van der Waals surface area contributed by atoms with Crippen molar-refractivity contribution in [1.29, 1.82) is 0 Å². The Morgan fingerprint density at radius 3 is 3.10 bits per heavy atom. The number of nitrogens with one attached hydrogen (secondary N) is 1. The summed E-state index contributed by atoms with van der Waals surface area (Å²) in [5.74, 6) is -0.0830. The van der Waals surface area contributed by atoms with Gasteiger partial charge in [0.05, 0.1) is 12.6 Å². The van der Waals surface area contributed by atoms with Gasteiger partial charge in [0.15, 0.2) is 0 Å². The van der Waals surface area contributed by atoms with Crippen LogP contribution in [0.2, 0.25) is 0 Å². The van der Waals surface area contributed by atoms with Gasteiger partial charge in [0.1, 0.15) is 5.01 Å². The minimum atomic E-state index is -0.307. The first-order chi connectivity index (χ1) is 10.2. The maximum absolute atomic E-state index is 12.0. The van der Waals surface area contributed by atoms with Crippen molar-refractivity contribution in [3.8, 4) is 0 Å². The molecule has 118 valence electrons. The summed E-state index contributed by atoms with van der Waals surface area (Å²) in [5.41, 5.74) is 0. The number of nitrogens with zero attached hydrogens (tertiary/aromatic N) is 3. The van der Waals surface area contributed by atoms with Gasteiger partial charge in [-0.15, -0.1) is 10.2 Å². The van der Waals surface area contributed by atoms with Crippen molar-refractivity contribution in [2.24, 2.45) is 0 Å². The Kier molecular flexibility index (Phi) is 6.53. The van der Waals surface area contributed by atoms with Crippen LogP contribution in [0.5, 0.6) is 0 Å². The SMILES string of the molecule is CCCCCc1nnc(NC(=O)CN2CCCC(O)C2)s1. The number of rotatable bonds is 7. The summed E-state index contributed by atoms with van der Waals surface area (Å²) in [4.78, 5) is 13.9. The Morgan fingerprint density at radius 1 is 1.48 bits per heavy atom. The van der Waals surface area contributed by atoms with Gasteiger partial charge in [0, 0.05) is 13.0 Å². The minimum Gasteiger partial charge on any atom is -0.392 e. The van der Waals surface area contributed by atoms with E-state index in [1.807, 2.05) is 4.90 Å². The first-order valence-electron chi connectivity index (χ1n) is 7.70. The Labute approximate surface area is 129 Å². The number of anilines is 1. The molecular weight excluding hydrogens is 288 g/mol. The summed E-state index contributed by atoms with van der Waals surface area (Å²) in [6, 6.07) is 0. The van der Waals surface area contributed by atoms with E-state index in [0.717, 1.165) is 37.2 Å². The molecule has 0 bridgehead atoms. The van der Waals surface area contributed by atoms with Crippen molar-refractivity contribution in [1.82, 2.24) is 15.1 Å². The molecule has 1 aliphatic heterocycles. The molecule has 0 spiro atoms. The molecule has 1 saturated heterocycles. The number of β-amino-alcohol motifs (C(OH)–C–C–N with tert-alkyl or cyclic N) is 1. The Bertz CT molecular complexity index is 452. The fraction of sp³-hybridized carbons (Fsp3) is 0.786. The third kappa shape index (κ3) is 5.68. The molecule has 7 heteroatoms. The molecule has 1 amide bonds. The second-order valence-corrected chi connectivity index (χ2v) is 6.60. The van der Waals surface area contributed by atoms with Gasteiger partial charge in [0.2, 0.25) is 11.0 Å². The lowest BCUT2D eigenvalue weighted by Gasteiger charge is -2.29. The first-order valence-corrected chi connectivity index (χ1v) is 8.51. The lowest BCUT2D eigenvalue weighted by molar-refractivity contribution is -0.118. The van der Waals surface area contributed by atoms with Crippen molar-refractivity contribution in [3.05, 3.63) is 5.01 Å². The van der Waals surface area contributed by atoms with Crippen LogP contribution in [-0.2, 0) is 11.2 Å². The summed E-state index contributed by atoms with van der Waals surface area (Å²) in [5, 5.41) is 22.1. The molecule has 0 saturated carbocycles. The van der Waals surface area contributed by atoms with Crippen LogP contribution in [0, 0.1) is 0 Å². The highest BCUT2D eigenvalue weighted by Crippen LogP contribution is 2.17. The zero-order valence-corrected chi connectivity index (χ0v) is 13.4. The minimum absolute atomic E-state index is 0.0830. The van der Waals surface area contributed by atoms with E-state index in [-0.39, 0.29) is 12.0 Å². The van der Waals surface area contributed by atoms with E-state index in [2.05, 4.69) is 22.4 Å². The summed E-state index contributed by atoms with van der Waals surface area (Å²) in [7, 11) is 0. The highest BCUT2D eigenvalue weighted by molar-refractivity contribution is 7.15. The molecule has 21 heavy (non-hydrogen) atoms. The Hall–Kier alpha value is -1.05. The van der Waals surface area contributed by atoms with Gasteiger partial charge in [0.25, 0.3) is 0 Å². The molecule has 6 nitrogen and oxygen atoms in total. The smallest absolute Gasteiger partial charge is 0.240 e. The summed E-state index contributed by atoms with van der Waals surface area (Å²) < 4.78 is 0. The summed E-state index contributed by atoms with van der Waals surface area (Å²) in [6.45, 7) is 3.92. The highest BCUT2D eigenvalue weighted by Gasteiger charge is 2.20. The molecule has 1 aliphatic rings. The maximum Gasteiger partial charge on any atom is 0.240 e. The average molecular weight is 312 g/mol. The van der Waals surface area contributed by atoms with Gasteiger partial charge in [-0.3, -0.25) is 15.0 Å². The quantitative estimate of drug-likeness (QED) is 0.749. The van der Waals surface area contributed by atoms with Crippen LogP contribution in [0.15, 0.2) is 0 Å². The van der Waals surface area contributed by atoms with Gasteiger partial charge in [-0.2, -0.15) is 0 Å². The predicted octanol–water partition coefficient (Wildman–Crippen LogP) is 1.67. The van der Waals surface area contributed by atoms with Crippen LogP contribution in [0.25, 0.3) is 0 Å². The van der Waals surface area contributed by atoms with E-state index in [9.17, 15) is 9.90 Å². The first kappa shape index (κ1) is 16.3. The Morgan fingerprint density at radius 2 is 2.33 bits per heavy atom. The number of unbranched alkanes of at least 4 members (excludes halogenated alkanes) is 2. The number of aryl methyl sites for hydroxylation is 1. The molecule has 0 radical (unpaired) electrons. The topological polar surface area (TPSA) is 78.4 Å². The van der Waals surface area contributed by atoms with Gasteiger partial charge >= 0.3 is 0 Å². The number of piperidine rings is 1. The number of carbonyl (C=O) groups is 1. The lowest BCUT2D eigenvalue weighted by atomic mass is 10.1. The fourth-order valence-electron chi connectivity index (χ4n) is 2.47. The fourth-order valence-corrected chi connectivity index (χ4v) is 3.27. The van der Waals surface area contributed by atoms with E-state index in [4.69, 9.17) is 0 Å². The molecule has 2 N–H and O–H groups in total. The Balaban J connectivity index is 1.74. The van der Waals surface area contributed by atoms with Gasteiger partial charge in [-0.05, 0) is 25.8 Å². The molecule has 0 aromatic carbocycles. The molecule has 2 heterocycles. The molecule has 0 aliphatic carbocycles. The van der Waals surface area contributed by atoms with Gasteiger partial charge in [-0.25, -0.2) is 0 Å². The number of likely N-dealkylation sites (tertiary alicyclic amines) is 1. The van der Waals surface area contributed by atoms with E-state index in [1.54, 1.807) is 0 Å². The van der Waals surface area contributed by atoms with Crippen LogP contribution in [-0.4, -0.2) is 51.8 Å². The molecule has 1 aromatic heterocycles. The molecule has 1 aromatic rings. The molecule has 1 atom stereocenters. The lowest BCUT2D eigenvalue weighted by Crippen LogP contribution is -2.42. The van der Waals surface area contributed by atoms with Crippen LogP contribution < -0.4 is 5.32 Å². The van der Waals surface area contributed by atoms with E-state index < -0.39 is 0 Å². The van der Waals surface area contributed by atoms with Crippen molar-refractivity contribution in [3.63, 3.8) is 0 Å². The monoisotopic (exact) mass is 312 g/mol. The zero-order valence-electron chi connectivity index (χ0n) is 12.5. The van der Waals surface area contributed by atoms with Crippen LogP contribution >= 0.6 is 11.3 Å². The largest absolute Gasteiger partial charge is 0.392 e. The van der Waals surface area contributed by atoms with Crippen LogP contribution in [0.1, 0.15) is 44.0 Å². The van der Waals surface area contributed by atoms with E-state index >= 15 is 0 Å². The van der Waals surface area contributed by atoms with Crippen molar-refractivity contribution in [2.45, 2.75) is 51.6 Å². The normalized spacial score (nSPS) is 19.6. The number of aliphatic hydroxyl groups is 1. The molecule has 1 unspecified atom stereocenters. The van der Waals surface area contributed by atoms with Crippen molar-refractivity contribution < 1.29 is 9.90 Å². The maximum atomic E-state index is 12.0. The number of carbonyl (C=O) groups excluding carboxylic acids is 1. The zero-order chi connectivity index (χ0) is 15.1. The van der Waals surface area contributed by atoms with Crippen LogP contribution in [0.3, 0.4) is 0 Å². The number of hydrogen-bond acceptors (Lipinski definition) is 6. The van der Waals surface area contributed by atoms with Gasteiger partial charge in [-0.1, -0.05) is 31.1 Å². The standard InChI is InChI=1S/C14H24N4O2S/c1-2-3-4-7-13-16-17-14(21-13)15-12(20)10-18-8-5-6-11(19)9-18/h11,19H,2-10H2,1H3,(H,15,17,20). The number of hydrogen-bond donors (Lipinski definition) is 2. The number of aromatic nitrogens is 2. The molecule has 1 fully saturated rings. The second-order valence-electron chi connectivity index (χ2n) is 5.54.